The lowest BCUT2D eigenvalue weighted by Gasteiger charge is -2.32. The Morgan fingerprint density at radius 2 is 0.719 bits per heavy atom. The zero-order valence-electron chi connectivity index (χ0n) is 69.0. The first kappa shape index (κ1) is 106. The van der Waals surface area contributed by atoms with Crippen molar-refractivity contribution >= 4 is 139 Å². The minimum Gasteiger partial charge on any atom is -0.447 e. The smallest absolute Gasteiger partial charge is 0.447 e. The summed E-state index contributed by atoms with van der Waals surface area (Å²) in [5, 5.41) is 21.4. The molecule has 27 nitrogen and oxygen atoms in total. The number of thiazole rings is 4. The molecule has 0 spiro atoms. The van der Waals surface area contributed by atoms with Crippen LogP contribution in [0.5, 0.6) is 0 Å². The highest BCUT2D eigenvalue weighted by Crippen LogP contribution is 2.44. The number of sulfonamides is 1. The number of hydrogen-bond donors (Lipinski definition) is 8. The number of amides is 4. The number of benzene rings is 4. The maximum Gasteiger partial charge on any atom is 0.496 e. The second kappa shape index (κ2) is 48.8. The number of hydrogen-bond acceptors (Lipinski definition) is 25. The lowest BCUT2D eigenvalue weighted by atomic mass is 9.78. The number of nitrogens with zero attached hydrogens (tertiary/aromatic N) is 4. The third kappa shape index (κ3) is 32.0. The molecule has 0 atom stereocenters. The number of carbonyl (C=O) groups is 4. The maximum atomic E-state index is 11.8. The molecule has 121 heavy (non-hydrogen) atoms. The van der Waals surface area contributed by atoms with Gasteiger partial charge in [-0.1, -0.05) is 95.1 Å². The molecule has 1 saturated heterocycles. The van der Waals surface area contributed by atoms with Crippen LogP contribution in [0.25, 0.3) is 31.3 Å². The van der Waals surface area contributed by atoms with Gasteiger partial charge in [0, 0.05) is 111 Å². The summed E-state index contributed by atoms with van der Waals surface area (Å²) in [7, 11) is -2.42. The van der Waals surface area contributed by atoms with Crippen LogP contribution in [0.4, 0.5) is 30.6 Å². The molecule has 4 amide bonds. The Labute approximate surface area is 745 Å². The number of para-hydroxylation sites is 2. The minimum atomic E-state index is -3.83. The van der Waals surface area contributed by atoms with E-state index in [1.807, 2.05) is 144 Å². The topological polar surface area (TPSA) is 436 Å². The molecule has 15 N–H and O–H groups in total. The van der Waals surface area contributed by atoms with Crippen LogP contribution in [-0.2, 0) is 47.3 Å². The van der Waals surface area contributed by atoms with Gasteiger partial charge in [0.2, 0.25) is 10.0 Å². The van der Waals surface area contributed by atoms with Crippen molar-refractivity contribution in [3.05, 3.63) is 146 Å². The van der Waals surface area contributed by atoms with Gasteiger partial charge in [-0.3, -0.25) is 0 Å². The van der Waals surface area contributed by atoms with Crippen molar-refractivity contribution in [2.45, 2.75) is 301 Å². The Kier molecular flexibility index (Phi) is 42.7. The van der Waals surface area contributed by atoms with E-state index in [0.29, 0.717) is 40.5 Å². The Balaban J connectivity index is 0.000000319. The van der Waals surface area contributed by atoms with E-state index in [1.165, 1.54) is 44.8 Å². The molecular weight excluding hydrogens is 1750 g/mol. The average molecular weight is 1880 g/mol. The van der Waals surface area contributed by atoms with E-state index in [-0.39, 0.29) is 135 Å². The second-order valence-electron chi connectivity index (χ2n) is 31.6. The predicted molar refractivity (Wildman–Crippen MR) is 496 cm³/mol. The Hall–Kier alpha value is -7.39. The zero-order chi connectivity index (χ0) is 84.2. The first-order valence-electron chi connectivity index (χ1n) is 39.5. The van der Waals surface area contributed by atoms with Gasteiger partial charge >= 0.3 is 31.5 Å². The number of carbonyl (C=O) groups excluding carboxylic acids is 4. The van der Waals surface area contributed by atoms with Gasteiger partial charge in [-0.25, -0.2) is 61.1 Å². The summed E-state index contributed by atoms with van der Waals surface area (Å²) in [6.07, 6.45) is 20.7. The van der Waals surface area contributed by atoms with Crippen LogP contribution in [0.3, 0.4) is 0 Å². The summed E-state index contributed by atoms with van der Waals surface area (Å²) in [5.41, 5.74) is 16.0. The fourth-order valence-corrected chi connectivity index (χ4v) is 20.8. The molecule has 0 bridgehead atoms. The van der Waals surface area contributed by atoms with Crippen LogP contribution in [0.1, 0.15) is 252 Å². The lowest BCUT2D eigenvalue weighted by Crippen LogP contribution is -2.41. The summed E-state index contributed by atoms with van der Waals surface area (Å²) < 4.78 is 80.8. The molecule has 13 rings (SSSR count). The summed E-state index contributed by atoms with van der Waals surface area (Å²) in [6.45, 7) is 22.9. The highest BCUT2D eigenvalue weighted by molar-refractivity contribution is 9.11. The Morgan fingerprint density at radius 3 is 1.02 bits per heavy atom. The number of nitrogens with two attached hydrogens (primary N) is 3. The number of primary sulfonamides is 1. The van der Waals surface area contributed by atoms with Gasteiger partial charge in [0.1, 0.15) is 0 Å². The molecule has 1 aliphatic heterocycles. The highest BCUT2D eigenvalue weighted by Gasteiger charge is 2.52. The highest BCUT2D eigenvalue weighted by atomic mass is 79.9. The molecule has 8 aromatic rings. The summed E-state index contributed by atoms with van der Waals surface area (Å²) in [4.78, 5) is 67.8. The van der Waals surface area contributed by atoms with Crippen LogP contribution >= 0.6 is 72.0 Å². The van der Waals surface area contributed by atoms with E-state index in [2.05, 4.69) is 57.1 Å². The number of nitrogen functional groups attached to an aromatic ring is 2. The molecule has 4 aliphatic carbocycles. The number of halogens is 2. The molecule has 4 aromatic heterocycles. The van der Waals surface area contributed by atoms with Crippen molar-refractivity contribution in [2.24, 2.45) is 5.14 Å². The zero-order valence-corrected chi connectivity index (χ0v) is 76.3. The third-order valence-electron chi connectivity index (χ3n) is 20.6. The van der Waals surface area contributed by atoms with E-state index < -0.39 is 19.1 Å². The number of ether oxygens (including phenoxy) is 4. The molecule has 36 heteroatoms. The van der Waals surface area contributed by atoms with Gasteiger partial charge in [-0.05, 0) is 226 Å². The standard InChI is InChI=1S/C19H23ClN2O4S2.C19H25N3O4S2.C19H25N3O2S.C13H19BrN2O2S.C12H18BNO2.3CH4.H3N.H2O/c2*1-12(2)26-19(23)22-14-9-7-13(8-10-14)18-21-11-16(27-18)15-5-3-4-6-17(15)28(20,24)25;1-12(2)24-19(23)22-14-9-7-13(8-10-14)18-21-11-17(25-18)15-5-3-4-6-16(15)20;1-8(2)18-13(17)16-10-5-3-9(4-6-10)12-15-7-11(14)19-12;1-11(2)12(3,4)16-13(15-11)9-7-5-6-8-10(9)14;;;;;/h3-6,11-14H,7-10H2,1-2H3,(H,22,23);3-6,11-14H,7-10H2,1-2H3,(H,22,23)(H2,20,24,25);3-6,11-14H,7-10,20H2,1-2H3,(H,22,23);7-10H,3-6H2,1-2H3,(H,16,17);5-8H,14H2,1-4H3;3*1H4;1H3;1H2. The first-order chi connectivity index (χ1) is 54.9. The summed E-state index contributed by atoms with van der Waals surface area (Å²) in [5.74, 6) is 1.61. The van der Waals surface area contributed by atoms with Gasteiger partial charge in [0.25, 0.3) is 9.05 Å². The molecule has 4 aromatic carbocycles. The van der Waals surface area contributed by atoms with Crippen molar-refractivity contribution < 1.29 is 69.7 Å². The monoisotopic (exact) mass is 1870 g/mol. The van der Waals surface area contributed by atoms with Crippen LogP contribution < -0.4 is 49.5 Å². The molecule has 5 fully saturated rings. The Morgan fingerprint density at radius 1 is 0.446 bits per heavy atom. The SMILES string of the molecule is C.C.C.CC(C)OC(=O)NC1CCC(c2ncc(-c3ccccc3N)s2)CC1.CC(C)OC(=O)NC1CCC(c2ncc(-c3ccccc3S(=O)(=O)Cl)s2)CC1.CC(C)OC(=O)NC1CCC(c2ncc(-c3ccccc3S(N)(=O)=O)s2)CC1.CC(C)OC(=O)NC1CCC(c2ncc(Br)s2)CC1.CC1(C)OB(c2ccccc2N)OC1(C)C.N.O. The molecule has 0 unspecified atom stereocenters. The maximum absolute atomic E-state index is 11.8. The molecular formula is C85H127BBrClN12O15S6. The van der Waals surface area contributed by atoms with Crippen molar-refractivity contribution in [1.29, 1.82) is 0 Å². The first-order valence-corrected chi connectivity index (χ1v) is 47.4. The Bertz CT molecular complexity index is 4600. The van der Waals surface area contributed by atoms with E-state index in [0.717, 1.165) is 148 Å². The van der Waals surface area contributed by atoms with Gasteiger partial charge in [0.15, 0.2) is 0 Å². The van der Waals surface area contributed by atoms with Gasteiger partial charge in [0.05, 0.1) is 90.1 Å². The number of alkyl carbamates (subject to hydrolysis) is 4. The van der Waals surface area contributed by atoms with Crippen LogP contribution in [0, 0.1) is 0 Å². The minimum absolute atomic E-state index is 0. The van der Waals surface area contributed by atoms with Gasteiger partial charge in [-0.15, -0.1) is 45.3 Å². The fourth-order valence-electron chi connectivity index (χ4n) is 14.1. The number of aromatic nitrogens is 4. The largest absolute Gasteiger partial charge is 0.496 e. The van der Waals surface area contributed by atoms with Crippen LogP contribution in [0.15, 0.2) is 135 Å². The number of nitrogens with one attached hydrogen (secondary N) is 4. The number of anilines is 2. The van der Waals surface area contributed by atoms with E-state index >= 15 is 0 Å². The third-order valence-corrected chi connectivity index (χ3v) is 28.2. The molecule has 5 aliphatic rings. The van der Waals surface area contributed by atoms with E-state index in [9.17, 15) is 36.0 Å². The quantitative estimate of drug-likeness (QED) is 0.0171. The predicted octanol–water partition coefficient (Wildman–Crippen LogP) is 19.9. The molecule has 670 valence electrons. The van der Waals surface area contributed by atoms with Crippen LogP contribution in [0.2, 0.25) is 0 Å². The van der Waals surface area contributed by atoms with Crippen molar-refractivity contribution in [3.8, 4) is 31.3 Å². The van der Waals surface area contributed by atoms with E-state index in [1.54, 1.807) is 71.5 Å². The van der Waals surface area contributed by atoms with Gasteiger partial charge in [-0.2, -0.15) is 0 Å². The fraction of sp³-hybridized carbons (Fsp3) is 0.529. The van der Waals surface area contributed by atoms with Crippen molar-refractivity contribution in [3.63, 3.8) is 0 Å². The van der Waals surface area contributed by atoms with Crippen molar-refractivity contribution in [2.75, 3.05) is 11.5 Å². The van der Waals surface area contributed by atoms with Crippen molar-refractivity contribution in [1.82, 2.24) is 47.4 Å². The van der Waals surface area contributed by atoms with Gasteiger partial charge < -0.3 is 72.6 Å². The lowest BCUT2D eigenvalue weighted by molar-refractivity contribution is 0.00578. The molecule has 4 saturated carbocycles. The summed E-state index contributed by atoms with van der Waals surface area (Å²) >= 11 is 9.89. The number of rotatable bonds is 18. The second-order valence-corrected chi connectivity index (χ2v) is 41.3. The molecule has 5 heterocycles. The molecule has 0 radical (unpaired) electrons. The average Bonchev–Trinajstić information content (AvgIpc) is 1.67. The van der Waals surface area contributed by atoms with E-state index in [4.69, 9.17) is 55.5 Å². The van der Waals surface area contributed by atoms with Crippen LogP contribution in [-0.4, -0.2) is 134 Å². The normalized spacial score (nSPS) is 20.2. The summed E-state index contributed by atoms with van der Waals surface area (Å²) in [6, 6.07) is 29.6.